The van der Waals surface area contributed by atoms with Crippen LogP contribution in [0.5, 0.6) is 0 Å². The number of rotatable bonds is 9. The molecule has 1 amide bonds. The van der Waals surface area contributed by atoms with Gasteiger partial charge in [-0.25, -0.2) is 0 Å². The van der Waals surface area contributed by atoms with Gasteiger partial charge in [-0.1, -0.05) is 26.7 Å². The van der Waals surface area contributed by atoms with Crippen molar-refractivity contribution in [3.05, 3.63) is 33.5 Å². The number of amides is 1. The van der Waals surface area contributed by atoms with Gasteiger partial charge in [0.1, 0.15) is 11.6 Å². The first-order valence-electron chi connectivity index (χ1n) is 13.9. The normalized spacial score (nSPS) is 25.5. The van der Waals surface area contributed by atoms with Crippen LogP contribution in [0.1, 0.15) is 123 Å². The Morgan fingerprint density at radius 1 is 1.06 bits per heavy atom. The zero-order valence-corrected chi connectivity index (χ0v) is 23.0. The zero-order chi connectivity index (χ0) is 25.4. The number of fused-ring (bicyclic) bond motifs is 2. The predicted molar refractivity (Wildman–Crippen MR) is 142 cm³/mol. The quantitative estimate of drug-likeness (QED) is 0.445. The molecule has 0 unspecified atom stereocenters. The van der Waals surface area contributed by atoms with Crippen LogP contribution >= 0.6 is 11.3 Å². The molecule has 1 saturated carbocycles. The summed E-state index contributed by atoms with van der Waals surface area (Å²) in [6.45, 7) is 9.08. The fourth-order valence-electron chi connectivity index (χ4n) is 6.82. The van der Waals surface area contributed by atoms with Crippen molar-refractivity contribution < 1.29 is 9.59 Å². The number of thiophene rings is 1. The number of Topliss-reactive ketones (excluding diaryl/α,β-unsaturated/α-hetero) is 1. The first-order valence-corrected chi connectivity index (χ1v) is 14.7. The van der Waals surface area contributed by atoms with E-state index in [1.54, 1.807) is 18.3 Å². The van der Waals surface area contributed by atoms with Gasteiger partial charge in [-0.15, -0.1) is 21.5 Å². The topological polar surface area (TPSA) is 80.1 Å². The molecule has 2 saturated heterocycles. The number of carbonyl (C=O) groups excluding carboxylic acids is 2. The lowest BCUT2D eigenvalue weighted by Crippen LogP contribution is -2.45. The summed E-state index contributed by atoms with van der Waals surface area (Å²) in [6.07, 6.45) is 9.95. The molecule has 1 aliphatic carbocycles. The molecule has 2 aliphatic heterocycles. The highest BCUT2D eigenvalue weighted by Gasteiger charge is 2.42. The van der Waals surface area contributed by atoms with Crippen LogP contribution in [0.4, 0.5) is 0 Å². The Hall–Kier alpha value is -2.06. The number of piperidine rings is 1. The molecule has 0 radical (unpaired) electrons. The average molecular weight is 512 g/mol. The molecule has 7 nitrogen and oxygen atoms in total. The van der Waals surface area contributed by atoms with Gasteiger partial charge < -0.3 is 9.88 Å². The Balaban J connectivity index is 1.28. The summed E-state index contributed by atoms with van der Waals surface area (Å²) in [5.41, 5.74) is 0. The molecule has 36 heavy (non-hydrogen) atoms. The Bertz CT molecular complexity index is 1070. The number of nitrogens with one attached hydrogen (secondary N) is 1. The monoisotopic (exact) mass is 511 g/mol. The number of aromatic nitrogens is 3. The van der Waals surface area contributed by atoms with Gasteiger partial charge in [-0.2, -0.15) is 0 Å². The average Bonchev–Trinajstić information content (AvgIpc) is 3.63. The van der Waals surface area contributed by atoms with Crippen LogP contribution in [0.25, 0.3) is 0 Å². The van der Waals surface area contributed by atoms with Crippen molar-refractivity contribution in [2.45, 2.75) is 116 Å². The predicted octanol–water partition coefficient (Wildman–Crippen LogP) is 5.58. The molecule has 2 bridgehead atoms. The third-order valence-electron chi connectivity index (χ3n) is 8.67. The summed E-state index contributed by atoms with van der Waals surface area (Å²) >= 11 is 1.54. The maximum atomic E-state index is 13.1. The molecule has 4 heterocycles. The zero-order valence-electron chi connectivity index (χ0n) is 22.2. The lowest BCUT2D eigenvalue weighted by molar-refractivity contribution is -0.125. The Morgan fingerprint density at radius 3 is 2.36 bits per heavy atom. The van der Waals surface area contributed by atoms with Crippen molar-refractivity contribution >= 4 is 23.0 Å². The fourth-order valence-corrected chi connectivity index (χ4v) is 7.81. The maximum Gasteiger partial charge on any atom is 0.223 e. The summed E-state index contributed by atoms with van der Waals surface area (Å²) in [4.78, 5) is 29.6. The van der Waals surface area contributed by atoms with E-state index < -0.39 is 0 Å². The van der Waals surface area contributed by atoms with E-state index in [-0.39, 0.29) is 23.7 Å². The molecular weight excluding hydrogens is 470 g/mol. The van der Waals surface area contributed by atoms with Crippen LogP contribution in [0, 0.1) is 12.8 Å². The number of hydrogen-bond donors (Lipinski definition) is 1. The van der Waals surface area contributed by atoms with Crippen LogP contribution in [0.2, 0.25) is 0 Å². The molecule has 5 rings (SSSR count). The highest BCUT2D eigenvalue weighted by Crippen LogP contribution is 2.42. The fraction of sp³-hybridized carbons (Fsp3) is 0.714. The highest BCUT2D eigenvalue weighted by atomic mass is 32.1. The SMILES string of the molecule is CC(=O)c1ccc([C@H](CCN2[C@H]3CC[C@H]2CC(n2c(C)nnc2C(C)C)C3)NC(=O)C2CCCC2)s1. The molecule has 196 valence electrons. The van der Waals surface area contributed by atoms with Crippen LogP contribution in [-0.4, -0.2) is 50.0 Å². The molecule has 3 atom stereocenters. The number of carbonyl (C=O) groups is 2. The van der Waals surface area contributed by atoms with E-state index in [2.05, 4.69) is 45.8 Å². The molecule has 1 N–H and O–H groups in total. The van der Waals surface area contributed by atoms with E-state index in [9.17, 15) is 9.59 Å². The number of nitrogens with zero attached hydrogens (tertiary/aromatic N) is 4. The molecule has 3 aliphatic rings. The molecule has 2 aromatic heterocycles. The smallest absolute Gasteiger partial charge is 0.223 e. The second-order valence-electron chi connectivity index (χ2n) is 11.5. The van der Waals surface area contributed by atoms with Crippen molar-refractivity contribution in [3.63, 3.8) is 0 Å². The van der Waals surface area contributed by atoms with E-state index in [0.29, 0.717) is 24.0 Å². The van der Waals surface area contributed by atoms with E-state index in [4.69, 9.17) is 0 Å². The standard InChI is InChI=1S/C28H41N5O2S/c1-17(2)27-31-30-19(4)33(27)23-15-21-9-10-22(16-23)32(21)14-13-24(26-12-11-25(36-26)18(3)34)29-28(35)20-7-5-6-8-20/h11-12,17,20-24H,5-10,13-16H2,1-4H3,(H,29,35)/t21-,22-,24-/m0/s1. The third kappa shape index (κ3) is 5.17. The molecule has 0 spiro atoms. The van der Waals surface area contributed by atoms with Crippen molar-refractivity contribution in [3.8, 4) is 0 Å². The minimum Gasteiger partial charge on any atom is -0.348 e. The van der Waals surface area contributed by atoms with Crippen LogP contribution in [-0.2, 0) is 4.79 Å². The van der Waals surface area contributed by atoms with Crippen LogP contribution < -0.4 is 5.32 Å². The molecule has 2 aromatic rings. The van der Waals surface area contributed by atoms with Gasteiger partial charge in [-0.3, -0.25) is 14.5 Å². The van der Waals surface area contributed by atoms with E-state index >= 15 is 0 Å². The summed E-state index contributed by atoms with van der Waals surface area (Å²) in [6, 6.07) is 5.54. The Labute approximate surface area is 219 Å². The highest BCUT2D eigenvalue weighted by molar-refractivity contribution is 7.14. The van der Waals surface area contributed by atoms with E-state index in [0.717, 1.165) is 72.9 Å². The Kier molecular flexibility index (Phi) is 7.63. The van der Waals surface area contributed by atoms with Crippen molar-refractivity contribution in [2.24, 2.45) is 5.92 Å². The number of aryl methyl sites for hydroxylation is 1. The maximum absolute atomic E-state index is 13.1. The van der Waals surface area contributed by atoms with Crippen LogP contribution in [0.3, 0.4) is 0 Å². The van der Waals surface area contributed by atoms with Crippen molar-refractivity contribution in [2.75, 3.05) is 6.54 Å². The van der Waals surface area contributed by atoms with E-state index in [1.807, 2.05) is 12.1 Å². The largest absolute Gasteiger partial charge is 0.348 e. The van der Waals surface area contributed by atoms with Gasteiger partial charge in [-0.05, 0) is 70.9 Å². The molecular formula is C28H41N5O2S. The van der Waals surface area contributed by atoms with Gasteiger partial charge in [0.05, 0.1) is 10.9 Å². The van der Waals surface area contributed by atoms with Crippen molar-refractivity contribution in [1.82, 2.24) is 25.0 Å². The first-order chi connectivity index (χ1) is 17.3. The van der Waals surface area contributed by atoms with Gasteiger partial charge in [0, 0.05) is 41.4 Å². The molecule has 8 heteroatoms. The van der Waals surface area contributed by atoms with Gasteiger partial charge in [0.15, 0.2) is 5.78 Å². The van der Waals surface area contributed by atoms with Crippen LogP contribution in [0.15, 0.2) is 12.1 Å². The second-order valence-corrected chi connectivity index (χ2v) is 12.6. The lowest BCUT2D eigenvalue weighted by Gasteiger charge is -2.40. The van der Waals surface area contributed by atoms with E-state index in [1.165, 1.54) is 12.8 Å². The molecule has 0 aromatic carbocycles. The lowest BCUT2D eigenvalue weighted by atomic mass is 9.95. The van der Waals surface area contributed by atoms with Gasteiger partial charge >= 0.3 is 0 Å². The minimum atomic E-state index is -0.0269. The molecule has 3 fully saturated rings. The Morgan fingerprint density at radius 2 is 1.75 bits per heavy atom. The summed E-state index contributed by atoms with van der Waals surface area (Å²) in [5.74, 6) is 2.95. The number of ketones is 1. The van der Waals surface area contributed by atoms with Gasteiger partial charge in [0.25, 0.3) is 0 Å². The summed E-state index contributed by atoms with van der Waals surface area (Å²) < 4.78 is 2.41. The van der Waals surface area contributed by atoms with Crippen molar-refractivity contribution in [1.29, 1.82) is 0 Å². The van der Waals surface area contributed by atoms with Gasteiger partial charge in [0.2, 0.25) is 5.91 Å². The number of hydrogen-bond acceptors (Lipinski definition) is 6. The second kappa shape index (κ2) is 10.7. The minimum absolute atomic E-state index is 0.0269. The third-order valence-corrected chi connectivity index (χ3v) is 9.97. The first kappa shape index (κ1) is 25.6. The summed E-state index contributed by atoms with van der Waals surface area (Å²) in [5, 5.41) is 12.3. The summed E-state index contributed by atoms with van der Waals surface area (Å²) in [7, 11) is 0.